The lowest BCUT2D eigenvalue weighted by Crippen LogP contribution is -2.56. The lowest BCUT2D eigenvalue weighted by molar-refractivity contribution is -0.143. The first-order valence-electron chi connectivity index (χ1n) is 10.4. The van der Waals surface area contributed by atoms with Crippen LogP contribution in [-0.2, 0) is 14.3 Å². The molecule has 0 radical (unpaired) electrons. The van der Waals surface area contributed by atoms with E-state index in [0.717, 1.165) is 43.1 Å². The molecule has 1 N–H and O–H groups in total. The summed E-state index contributed by atoms with van der Waals surface area (Å²) in [6.07, 6.45) is 5.33. The summed E-state index contributed by atoms with van der Waals surface area (Å²) in [6.45, 7) is 2.70. The van der Waals surface area contributed by atoms with Crippen LogP contribution in [0.4, 0.5) is 0 Å². The predicted molar refractivity (Wildman–Crippen MR) is 110 cm³/mol. The van der Waals surface area contributed by atoms with Crippen molar-refractivity contribution in [1.29, 1.82) is 0 Å². The summed E-state index contributed by atoms with van der Waals surface area (Å²) in [5.41, 5.74) is 1.67. The van der Waals surface area contributed by atoms with Crippen molar-refractivity contribution >= 4 is 22.7 Å². The van der Waals surface area contributed by atoms with Crippen LogP contribution in [0.1, 0.15) is 36.0 Å². The van der Waals surface area contributed by atoms with Crippen LogP contribution in [0.15, 0.2) is 30.5 Å². The molecule has 2 fully saturated rings. The van der Waals surface area contributed by atoms with Crippen LogP contribution in [-0.4, -0.2) is 78.7 Å². The van der Waals surface area contributed by atoms with Gasteiger partial charge in [0.05, 0.1) is 0 Å². The van der Waals surface area contributed by atoms with Gasteiger partial charge in [0.1, 0.15) is 6.61 Å². The first-order chi connectivity index (χ1) is 14.2. The molecule has 2 saturated heterocycles. The van der Waals surface area contributed by atoms with Gasteiger partial charge >= 0.3 is 0 Å². The number of hydrogen-bond acceptors (Lipinski definition) is 4. The van der Waals surface area contributed by atoms with Gasteiger partial charge in [-0.15, -0.1) is 0 Å². The Morgan fingerprint density at radius 1 is 1.21 bits per heavy atom. The number of rotatable bonds is 5. The minimum atomic E-state index is 0.00596. The number of ether oxygens (including phenoxy) is 2. The fourth-order valence-electron chi connectivity index (χ4n) is 4.68. The minimum Gasteiger partial charge on any atom is -0.381 e. The van der Waals surface area contributed by atoms with Crippen LogP contribution < -0.4 is 0 Å². The number of H-pyrrole nitrogens is 1. The van der Waals surface area contributed by atoms with E-state index in [1.165, 1.54) is 0 Å². The second-order valence-electron chi connectivity index (χ2n) is 7.87. The third-order valence-electron chi connectivity index (χ3n) is 6.04. The van der Waals surface area contributed by atoms with E-state index in [1.54, 1.807) is 7.11 Å². The van der Waals surface area contributed by atoms with Crippen molar-refractivity contribution in [3.8, 4) is 0 Å². The number of benzene rings is 1. The summed E-state index contributed by atoms with van der Waals surface area (Å²) in [7, 11) is 1.55. The maximum Gasteiger partial charge on any atom is 0.254 e. The fraction of sp³-hybridized carbons (Fsp3) is 0.545. The molecule has 2 aliphatic rings. The zero-order valence-electron chi connectivity index (χ0n) is 16.9. The number of aromatic amines is 1. The largest absolute Gasteiger partial charge is 0.381 e. The van der Waals surface area contributed by atoms with Crippen molar-refractivity contribution in [1.82, 2.24) is 14.8 Å². The highest BCUT2D eigenvalue weighted by Crippen LogP contribution is 2.26. The van der Waals surface area contributed by atoms with Crippen LogP contribution in [0, 0.1) is 0 Å². The number of likely N-dealkylation sites (tertiary alicyclic amines) is 1. The summed E-state index contributed by atoms with van der Waals surface area (Å²) in [6, 6.07) is 7.88. The van der Waals surface area contributed by atoms with Crippen molar-refractivity contribution in [2.45, 2.75) is 37.8 Å². The summed E-state index contributed by atoms with van der Waals surface area (Å²) in [4.78, 5) is 33.3. The average Bonchev–Trinajstić information content (AvgIpc) is 3.24. The molecule has 4 rings (SSSR count). The van der Waals surface area contributed by atoms with Crippen molar-refractivity contribution in [2.75, 3.05) is 40.0 Å². The van der Waals surface area contributed by atoms with Gasteiger partial charge in [-0.2, -0.15) is 0 Å². The number of hydrogen-bond donors (Lipinski definition) is 1. The van der Waals surface area contributed by atoms with Gasteiger partial charge in [-0.3, -0.25) is 9.59 Å². The SMILES string of the molecule is COCC(=O)N(C1CCOCC1)C1CCCN(C(=O)c2cccc3[nH]ccc23)C1. The monoisotopic (exact) mass is 399 g/mol. The number of nitrogens with one attached hydrogen (secondary N) is 1. The molecule has 0 bridgehead atoms. The molecule has 0 aliphatic carbocycles. The third kappa shape index (κ3) is 4.16. The van der Waals surface area contributed by atoms with E-state index in [-0.39, 0.29) is 30.5 Å². The lowest BCUT2D eigenvalue weighted by Gasteiger charge is -2.44. The normalized spacial score (nSPS) is 20.7. The quantitative estimate of drug-likeness (QED) is 0.838. The van der Waals surface area contributed by atoms with Crippen LogP contribution in [0.25, 0.3) is 10.9 Å². The van der Waals surface area contributed by atoms with E-state index in [9.17, 15) is 9.59 Å². The molecule has 2 aromatic rings. The maximum absolute atomic E-state index is 13.3. The highest BCUT2D eigenvalue weighted by atomic mass is 16.5. The third-order valence-corrected chi connectivity index (χ3v) is 6.04. The van der Waals surface area contributed by atoms with Gasteiger partial charge in [0.15, 0.2) is 0 Å². The molecule has 0 spiro atoms. The first-order valence-corrected chi connectivity index (χ1v) is 10.4. The molecule has 7 heteroatoms. The van der Waals surface area contributed by atoms with E-state index < -0.39 is 0 Å². The molecule has 2 amide bonds. The molecule has 1 unspecified atom stereocenters. The Balaban J connectivity index is 1.54. The number of carbonyl (C=O) groups excluding carboxylic acids is 2. The highest BCUT2D eigenvalue weighted by molar-refractivity contribution is 6.06. The Labute approximate surface area is 170 Å². The molecule has 3 heterocycles. The fourth-order valence-corrected chi connectivity index (χ4v) is 4.68. The van der Waals surface area contributed by atoms with Gasteiger partial charge in [-0.25, -0.2) is 0 Å². The van der Waals surface area contributed by atoms with E-state index in [1.807, 2.05) is 40.3 Å². The molecular formula is C22H29N3O4. The maximum atomic E-state index is 13.3. The molecule has 1 aromatic heterocycles. The number of fused-ring (bicyclic) bond motifs is 1. The number of aromatic nitrogens is 1. The highest BCUT2D eigenvalue weighted by Gasteiger charge is 2.35. The minimum absolute atomic E-state index is 0.00596. The predicted octanol–water partition coefficient (Wildman–Crippen LogP) is 2.43. The molecule has 2 aliphatic heterocycles. The molecular weight excluding hydrogens is 370 g/mol. The van der Waals surface area contributed by atoms with Gasteiger partial charge < -0.3 is 24.3 Å². The second-order valence-corrected chi connectivity index (χ2v) is 7.87. The van der Waals surface area contributed by atoms with Gasteiger partial charge in [-0.05, 0) is 43.9 Å². The molecule has 29 heavy (non-hydrogen) atoms. The van der Waals surface area contributed by atoms with Gasteiger partial charge in [-0.1, -0.05) is 6.07 Å². The summed E-state index contributed by atoms with van der Waals surface area (Å²) < 4.78 is 10.6. The topological polar surface area (TPSA) is 74.9 Å². The molecule has 1 atom stereocenters. The van der Waals surface area contributed by atoms with Crippen LogP contribution >= 0.6 is 0 Å². The number of amides is 2. The molecule has 1 aromatic carbocycles. The number of piperidine rings is 1. The number of methoxy groups -OCH3 is 1. The Hall–Kier alpha value is -2.38. The van der Waals surface area contributed by atoms with E-state index in [2.05, 4.69) is 4.98 Å². The lowest BCUT2D eigenvalue weighted by atomic mass is 9.97. The molecule has 0 saturated carbocycles. The van der Waals surface area contributed by atoms with E-state index in [0.29, 0.717) is 25.3 Å². The Morgan fingerprint density at radius 2 is 2.03 bits per heavy atom. The Morgan fingerprint density at radius 3 is 2.83 bits per heavy atom. The van der Waals surface area contributed by atoms with Crippen LogP contribution in [0.5, 0.6) is 0 Å². The van der Waals surface area contributed by atoms with E-state index >= 15 is 0 Å². The van der Waals surface area contributed by atoms with Crippen LogP contribution in [0.2, 0.25) is 0 Å². The van der Waals surface area contributed by atoms with Crippen LogP contribution in [0.3, 0.4) is 0 Å². The standard InChI is InChI=1S/C22H29N3O4/c1-28-15-21(26)25(16-8-12-29-13-9-16)17-4-3-11-24(14-17)22(27)19-5-2-6-20-18(19)7-10-23-20/h2,5-7,10,16-17,23H,3-4,8-9,11-15H2,1H3. The summed E-state index contributed by atoms with van der Waals surface area (Å²) >= 11 is 0. The Bertz CT molecular complexity index is 859. The summed E-state index contributed by atoms with van der Waals surface area (Å²) in [5.74, 6) is 0.0393. The smallest absolute Gasteiger partial charge is 0.254 e. The molecule has 7 nitrogen and oxygen atoms in total. The van der Waals surface area contributed by atoms with Gasteiger partial charge in [0, 0.05) is 68.2 Å². The summed E-state index contributed by atoms with van der Waals surface area (Å²) in [5, 5.41) is 0.941. The zero-order chi connectivity index (χ0) is 20.2. The van der Waals surface area contributed by atoms with Crippen molar-refractivity contribution in [3.63, 3.8) is 0 Å². The van der Waals surface area contributed by atoms with Gasteiger partial charge in [0.25, 0.3) is 5.91 Å². The second kappa shape index (κ2) is 8.97. The Kier molecular flexibility index (Phi) is 6.16. The first kappa shape index (κ1) is 19.9. The zero-order valence-corrected chi connectivity index (χ0v) is 16.9. The van der Waals surface area contributed by atoms with Crippen molar-refractivity contribution < 1.29 is 19.1 Å². The average molecular weight is 399 g/mol. The number of nitrogens with zero attached hydrogens (tertiary/aromatic N) is 2. The number of carbonyl (C=O) groups is 2. The van der Waals surface area contributed by atoms with Crippen molar-refractivity contribution in [3.05, 3.63) is 36.0 Å². The van der Waals surface area contributed by atoms with Gasteiger partial charge in [0.2, 0.25) is 5.91 Å². The molecule has 156 valence electrons. The van der Waals surface area contributed by atoms with Crippen molar-refractivity contribution in [2.24, 2.45) is 0 Å². The van der Waals surface area contributed by atoms with E-state index in [4.69, 9.17) is 9.47 Å².